The summed E-state index contributed by atoms with van der Waals surface area (Å²) in [6.07, 6.45) is 7.80. The molecule has 5 heterocycles. The zero-order chi connectivity index (χ0) is 25.1. The molecule has 186 valence electrons. The van der Waals surface area contributed by atoms with Gasteiger partial charge < -0.3 is 19.3 Å². The largest absolute Gasteiger partial charge is 0.467 e. The number of carbonyl (C=O) groups is 1. The molecule has 1 saturated heterocycles. The van der Waals surface area contributed by atoms with E-state index in [2.05, 4.69) is 29.8 Å². The van der Waals surface area contributed by atoms with Crippen molar-refractivity contribution in [2.45, 2.75) is 12.6 Å². The van der Waals surface area contributed by atoms with Crippen molar-refractivity contribution in [2.75, 3.05) is 43.7 Å². The first kappa shape index (κ1) is 23.7. The molecule has 4 aromatic rings. The summed E-state index contributed by atoms with van der Waals surface area (Å²) in [7, 11) is 3.39. The first-order valence-electron chi connectivity index (χ1n) is 11.0. The van der Waals surface area contributed by atoms with Gasteiger partial charge in [-0.3, -0.25) is 10.0 Å². The minimum Gasteiger partial charge on any atom is -0.467 e. The summed E-state index contributed by atoms with van der Waals surface area (Å²) in [4.78, 5) is 42.6. The maximum Gasteiger partial charge on any atom is 0.316 e. The summed E-state index contributed by atoms with van der Waals surface area (Å²) in [5.74, 6) is 0.437. The molecule has 4 aromatic heterocycles. The lowest BCUT2D eigenvalue weighted by molar-refractivity contribution is 0.0387. The van der Waals surface area contributed by atoms with Gasteiger partial charge in [-0.1, -0.05) is 0 Å². The van der Waals surface area contributed by atoms with Crippen LogP contribution in [-0.4, -0.2) is 74.9 Å². The second kappa shape index (κ2) is 10.3. The Balaban J connectivity index is 1.28. The van der Waals surface area contributed by atoms with Crippen LogP contribution in [0.15, 0.2) is 37.1 Å². The van der Waals surface area contributed by atoms with Crippen molar-refractivity contribution in [2.24, 2.45) is 0 Å². The highest BCUT2D eigenvalue weighted by Gasteiger charge is 2.25. The number of nitrogens with one attached hydrogen (secondary N) is 1. The van der Waals surface area contributed by atoms with Crippen LogP contribution in [0.25, 0.3) is 10.2 Å². The molecule has 5 rings (SSSR count). The molecule has 1 fully saturated rings. The van der Waals surface area contributed by atoms with Crippen molar-refractivity contribution in [1.29, 1.82) is 0 Å². The standard InChI is InChI=1S/C22H23N9O4S/c1-30(20-23-8-14(9-24-20)19(32)29-33)11-15-5-16-18(36-15)10-25-21(28-16)31-3-4-35-17(12-31)13-6-26-22(34-2)27-7-13/h5-10,17,33H,3-4,11-12H2,1-2H3,(H,29,32). The van der Waals surface area contributed by atoms with Crippen LogP contribution in [-0.2, 0) is 11.3 Å². The molecule has 1 amide bonds. The van der Waals surface area contributed by atoms with Gasteiger partial charge in [0.25, 0.3) is 5.91 Å². The topological polar surface area (TPSA) is 152 Å². The predicted molar refractivity (Wildman–Crippen MR) is 130 cm³/mol. The Hall–Kier alpha value is -4.01. The first-order valence-corrected chi connectivity index (χ1v) is 11.8. The number of morpholine rings is 1. The predicted octanol–water partition coefficient (Wildman–Crippen LogP) is 1.61. The Labute approximate surface area is 209 Å². The van der Waals surface area contributed by atoms with Gasteiger partial charge in [0.2, 0.25) is 11.9 Å². The van der Waals surface area contributed by atoms with Crippen LogP contribution in [0.1, 0.15) is 26.9 Å². The quantitative estimate of drug-likeness (QED) is 0.275. The van der Waals surface area contributed by atoms with E-state index in [-0.39, 0.29) is 11.7 Å². The van der Waals surface area contributed by atoms with E-state index in [1.165, 1.54) is 19.5 Å². The number of hydroxylamine groups is 1. The van der Waals surface area contributed by atoms with E-state index >= 15 is 0 Å². The van der Waals surface area contributed by atoms with Gasteiger partial charge in [0.15, 0.2) is 0 Å². The van der Waals surface area contributed by atoms with Gasteiger partial charge in [0.1, 0.15) is 6.10 Å². The second-order valence-corrected chi connectivity index (χ2v) is 9.18. The van der Waals surface area contributed by atoms with Crippen molar-refractivity contribution in [3.63, 3.8) is 0 Å². The zero-order valence-electron chi connectivity index (χ0n) is 19.5. The molecule has 0 radical (unpaired) electrons. The number of hydrogen-bond donors (Lipinski definition) is 2. The molecule has 0 aliphatic carbocycles. The molecule has 13 nitrogen and oxygen atoms in total. The smallest absolute Gasteiger partial charge is 0.316 e. The Morgan fingerprint density at radius 3 is 2.72 bits per heavy atom. The van der Waals surface area contributed by atoms with E-state index in [1.54, 1.807) is 29.2 Å². The molecule has 0 spiro atoms. The van der Waals surface area contributed by atoms with Gasteiger partial charge in [-0.05, 0) is 6.07 Å². The molecule has 36 heavy (non-hydrogen) atoms. The van der Waals surface area contributed by atoms with E-state index < -0.39 is 5.91 Å². The van der Waals surface area contributed by atoms with Crippen molar-refractivity contribution >= 4 is 39.4 Å². The minimum atomic E-state index is -0.660. The molecule has 1 unspecified atom stereocenters. The normalized spacial score (nSPS) is 15.6. The van der Waals surface area contributed by atoms with Crippen molar-refractivity contribution in [3.8, 4) is 6.01 Å². The van der Waals surface area contributed by atoms with Gasteiger partial charge >= 0.3 is 6.01 Å². The third kappa shape index (κ3) is 5.00. The van der Waals surface area contributed by atoms with Gasteiger partial charge in [0, 0.05) is 48.8 Å². The fourth-order valence-corrected chi connectivity index (χ4v) is 4.77. The lowest BCUT2D eigenvalue weighted by atomic mass is 10.1. The third-order valence-corrected chi connectivity index (χ3v) is 6.64. The van der Waals surface area contributed by atoms with Crippen LogP contribution in [0.3, 0.4) is 0 Å². The van der Waals surface area contributed by atoms with E-state index in [0.717, 1.165) is 20.7 Å². The molecule has 2 N–H and O–H groups in total. The van der Waals surface area contributed by atoms with Crippen LogP contribution in [0.4, 0.5) is 11.9 Å². The van der Waals surface area contributed by atoms with E-state index in [1.807, 2.05) is 24.2 Å². The average molecular weight is 510 g/mol. The van der Waals surface area contributed by atoms with Gasteiger partial charge in [0.05, 0.1) is 48.8 Å². The summed E-state index contributed by atoms with van der Waals surface area (Å²) in [6.45, 7) is 2.36. The molecular formula is C22H23N9O4S. The summed E-state index contributed by atoms with van der Waals surface area (Å²) >= 11 is 1.60. The van der Waals surface area contributed by atoms with Gasteiger partial charge in [-0.2, -0.15) is 0 Å². The van der Waals surface area contributed by atoms with Crippen LogP contribution in [0, 0.1) is 0 Å². The number of anilines is 2. The summed E-state index contributed by atoms with van der Waals surface area (Å²) in [6, 6.07) is 2.35. The number of carbonyl (C=O) groups excluding carboxylic acids is 1. The molecule has 1 aliphatic rings. The summed E-state index contributed by atoms with van der Waals surface area (Å²) < 4.78 is 11.9. The SMILES string of the molecule is COc1ncc(C2CN(c3ncc4sc(CN(C)c5ncc(C(=O)NO)cn5)cc4n3)CCO2)cn1. The number of methoxy groups -OCH3 is 1. The molecule has 0 aromatic carbocycles. The molecular weight excluding hydrogens is 486 g/mol. The monoisotopic (exact) mass is 509 g/mol. The number of hydrogen-bond acceptors (Lipinski definition) is 13. The number of aromatic nitrogens is 6. The van der Waals surface area contributed by atoms with Crippen molar-refractivity contribution in [3.05, 3.63) is 53.1 Å². The van der Waals surface area contributed by atoms with Crippen molar-refractivity contribution < 1.29 is 19.5 Å². The Morgan fingerprint density at radius 1 is 1.22 bits per heavy atom. The second-order valence-electron chi connectivity index (χ2n) is 8.01. The lowest BCUT2D eigenvalue weighted by Crippen LogP contribution is -2.39. The minimum absolute atomic E-state index is 0.171. The van der Waals surface area contributed by atoms with Gasteiger partial charge in [-0.15, -0.1) is 11.3 Å². The van der Waals surface area contributed by atoms with E-state index in [4.69, 9.17) is 19.7 Å². The maximum atomic E-state index is 11.5. The zero-order valence-corrected chi connectivity index (χ0v) is 20.3. The van der Waals surface area contributed by atoms with Crippen molar-refractivity contribution in [1.82, 2.24) is 35.4 Å². The highest BCUT2D eigenvalue weighted by atomic mass is 32.1. The van der Waals surface area contributed by atoms with Crippen LogP contribution in [0.2, 0.25) is 0 Å². The molecule has 14 heteroatoms. The van der Waals surface area contributed by atoms with Gasteiger partial charge in [-0.25, -0.2) is 35.4 Å². The van der Waals surface area contributed by atoms with Crippen LogP contribution >= 0.6 is 11.3 Å². The number of fused-ring (bicyclic) bond motifs is 1. The number of rotatable bonds is 7. The Bertz CT molecular complexity index is 1350. The number of amides is 1. The fraction of sp³-hybridized carbons (Fsp3) is 0.318. The van der Waals surface area contributed by atoms with E-state index in [9.17, 15) is 4.79 Å². The Morgan fingerprint density at radius 2 is 2.00 bits per heavy atom. The fourth-order valence-electron chi connectivity index (χ4n) is 3.74. The maximum absolute atomic E-state index is 11.5. The first-order chi connectivity index (χ1) is 17.5. The summed E-state index contributed by atoms with van der Waals surface area (Å²) in [5, 5.41) is 8.72. The molecule has 0 saturated carbocycles. The molecule has 0 bridgehead atoms. The Kier molecular flexibility index (Phi) is 6.79. The summed E-state index contributed by atoms with van der Waals surface area (Å²) in [5.41, 5.74) is 3.47. The average Bonchev–Trinajstić information content (AvgIpc) is 3.34. The number of ether oxygens (including phenoxy) is 2. The lowest BCUT2D eigenvalue weighted by Gasteiger charge is -2.32. The molecule has 1 aliphatic heterocycles. The number of thiophene rings is 1. The highest BCUT2D eigenvalue weighted by molar-refractivity contribution is 7.19. The molecule has 1 atom stereocenters. The number of nitrogens with zero attached hydrogens (tertiary/aromatic N) is 8. The van der Waals surface area contributed by atoms with Crippen LogP contribution < -0.4 is 20.0 Å². The highest BCUT2D eigenvalue weighted by Crippen LogP contribution is 2.29. The van der Waals surface area contributed by atoms with E-state index in [0.29, 0.717) is 44.1 Å². The third-order valence-electron chi connectivity index (χ3n) is 5.60. The van der Waals surface area contributed by atoms with Crippen LogP contribution in [0.5, 0.6) is 6.01 Å².